The van der Waals surface area contributed by atoms with Crippen molar-refractivity contribution in [1.82, 2.24) is 0 Å². The van der Waals surface area contributed by atoms with Crippen molar-refractivity contribution in [2.24, 2.45) is 5.92 Å². The van der Waals surface area contributed by atoms with Crippen molar-refractivity contribution in [3.05, 3.63) is 35.6 Å². The van der Waals surface area contributed by atoms with Crippen LogP contribution in [0.2, 0.25) is 0 Å². The zero-order chi connectivity index (χ0) is 21.9. The van der Waals surface area contributed by atoms with Crippen LogP contribution >= 0.6 is 0 Å². The molecule has 0 spiro atoms. The number of allylic oxidation sites excluding steroid dienone is 2. The van der Waals surface area contributed by atoms with E-state index in [1.807, 2.05) is 6.92 Å². The zero-order valence-corrected chi connectivity index (χ0v) is 17.7. The van der Waals surface area contributed by atoms with Gasteiger partial charge in [-0.2, -0.15) is 0 Å². The normalized spacial score (nSPS) is 44.0. The van der Waals surface area contributed by atoms with E-state index in [9.17, 15) is 14.7 Å². The summed E-state index contributed by atoms with van der Waals surface area (Å²) in [5, 5.41) is 11.0. The number of carbonyl (C=O) groups excluding carboxylic acids is 2. The lowest BCUT2D eigenvalue weighted by Gasteiger charge is -2.33. The molecule has 2 saturated heterocycles. The van der Waals surface area contributed by atoms with Gasteiger partial charge in [-0.3, -0.25) is 0 Å². The molecule has 0 amide bonds. The van der Waals surface area contributed by atoms with E-state index in [-0.39, 0.29) is 35.7 Å². The van der Waals surface area contributed by atoms with Gasteiger partial charge >= 0.3 is 11.9 Å². The Labute approximate surface area is 175 Å². The number of hydrogen-bond acceptors (Lipinski definition) is 8. The molecule has 2 fully saturated rings. The SMILES string of the molecule is C=C(C)[C@H]1CC[C@]23O[C@H]2[C@@H](C[C@@](C)(O)/C=C2/C=C(C(=O)OC)[C@](OC)(C1)O2)OC3=O. The minimum absolute atomic E-state index is 0.121. The fourth-order valence-corrected chi connectivity index (χ4v) is 4.80. The summed E-state index contributed by atoms with van der Waals surface area (Å²) in [6, 6.07) is 0. The molecule has 6 atom stereocenters. The summed E-state index contributed by atoms with van der Waals surface area (Å²) in [6.45, 7) is 7.57. The maximum atomic E-state index is 12.5. The molecule has 0 saturated carbocycles. The third-order valence-corrected chi connectivity index (χ3v) is 6.54. The predicted molar refractivity (Wildman–Crippen MR) is 104 cm³/mol. The van der Waals surface area contributed by atoms with Crippen LogP contribution < -0.4 is 0 Å². The minimum atomic E-state index is -1.38. The average molecular weight is 420 g/mol. The first-order valence-electron chi connectivity index (χ1n) is 10.1. The molecule has 8 heteroatoms. The van der Waals surface area contributed by atoms with Crippen molar-refractivity contribution in [3.8, 4) is 0 Å². The quantitative estimate of drug-likeness (QED) is 0.420. The van der Waals surface area contributed by atoms with Gasteiger partial charge < -0.3 is 28.8 Å². The summed E-state index contributed by atoms with van der Waals surface area (Å²) in [6.07, 6.45) is 3.57. The van der Waals surface area contributed by atoms with Crippen LogP contribution in [0.5, 0.6) is 0 Å². The first-order valence-corrected chi connectivity index (χ1v) is 10.1. The monoisotopic (exact) mass is 420 g/mol. The van der Waals surface area contributed by atoms with Crippen molar-refractivity contribution in [2.45, 2.75) is 68.7 Å². The van der Waals surface area contributed by atoms with E-state index < -0.39 is 29.1 Å². The molecule has 4 heterocycles. The molecule has 164 valence electrons. The van der Waals surface area contributed by atoms with Crippen molar-refractivity contribution in [3.63, 3.8) is 0 Å². The first kappa shape index (κ1) is 21.1. The number of aliphatic hydroxyl groups is 1. The van der Waals surface area contributed by atoms with Gasteiger partial charge in [-0.1, -0.05) is 12.2 Å². The Bertz CT molecular complexity index is 855. The zero-order valence-electron chi connectivity index (χ0n) is 17.7. The second-order valence-electron chi connectivity index (χ2n) is 8.87. The van der Waals surface area contributed by atoms with Crippen molar-refractivity contribution >= 4 is 11.9 Å². The number of rotatable bonds is 3. The third-order valence-electron chi connectivity index (χ3n) is 6.54. The number of methoxy groups -OCH3 is 2. The Kier molecular flexibility index (Phi) is 4.87. The van der Waals surface area contributed by atoms with Crippen LogP contribution in [0, 0.1) is 5.92 Å². The molecule has 4 aliphatic rings. The van der Waals surface area contributed by atoms with Gasteiger partial charge in [-0.25, -0.2) is 9.59 Å². The summed E-state index contributed by atoms with van der Waals surface area (Å²) < 4.78 is 28.1. The molecule has 8 nitrogen and oxygen atoms in total. The summed E-state index contributed by atoms with van der Waals surface area (Å²) >= 11 is 0. The summed E-state index contributed by atoms with van der Waals surface area (Å²) in [5.41, 5.74) is -1.25. The van der Waals surface area contributed by atoms with Crippen LogP contribution in [0.3, 0.4) is 0 Å². The highest BCUT2D eigenvalue weighted by atomic mass is 16.7. The smallest absolute Gasteiger partial charge is 0.341 e. The van der Waals surface area contributed by atoms with Crippen molar-refractivity contribution in [2.75, 3.05) is 14.2 Å². The van der Waals surface area contributed by atoms with Gasteiger partial charge in [0, 0.05) is 20.0 Å². The summed E-state index contributed by atoms with van der Waals surface area (Å²) in [7, 11) is 2.75. The number of esters is 2. The van der Waals surface area contributed by atoms with E-state index in [0.29, 0.717) is 19.3 Å². The minimum Gasteiger partial charge on any atom is -0.465 e. The van der Waals surface area contributed by atoms with Gasteiger partial charge in [0.05, 0.1) is 12.7 Å². The van der Waals surface area contributed by atoms with Crippen molar-refractivity contribution < 1.29 is 38.4 Å². The summed E-state index contributed by atoms with van der Waals surface area (Å²) in [5.74, 6) is -2.17. The Morgan fingerprint density at radius 1 is 1.33 bits per heavy atom. The lowest BCUT2D eigenvalue weighted by molar-refractivity contribution is -0.179. The number of ether oxygens (including phenoxy) is 5. The molecule has 0 aliphatic carbocycles. The number of hydrogen-bond donors (Lipinski definition) is 1. The van der Waals surface area contributed by atoms with Crippen molar-refractivity contribution in [1.29, 1.82) is 0 Å². The van der Waals surface area contributed by atoms with Gasteiger partial charge in [0.2, 0.25) is 5.79 Å². The largest absolute Gasteiger partial charge is 0.465 e. The molecule has 0 aromatic rings. The Hall–Kier alpha value is -2.16. The molecule has 1 N–H and O–H groups in total. The van der Waals surface area contributed by atoms with Gasteiger partial charge in [0.1, 0.15) is 23.5 Å². The Morgan fingerprint density at radius 3 is 2.67 bits per heavy atom. The highest BCUT2D eigenvalue weighted by molar-refractivity contribution is 5.91. The van der Waals surface area contributed by atoms with Crippen LogP contribution in [0.15, 0.2) is 35.6 Å². The van der Waals surface area contributed by atoms with Crippen LogP contribution in [0.1, 0.15) is 39.5 Å². The lowest BCUT2D eigenvalue weighted by atomic mass is 9.83. The number of epoxide rings is 1. The van der Waals surface area contributed by atoms with E-state index in [1.165, 1.54) is 26.4 Å². The molecule has 0 aromatic carbocycles. The van der Waals surface area contributed by atoms with Crippen LogP contribution in [0.4, 0.5) is 0 Å². The highest BCUT2D eigenvalue weighted by Crippen LogP contribution is 2.53. The Balaban J connectivity index is 1.77. The van der Waals surface area contributed by atoms with E-state index in [4.69, 9.17) is 23.7 Å². The number of fused-ring (bicyclic) bond motifs is 2. The van der Waals surface area contributed by atoms with E-state index in [1.54, 1.807) is 6.92 Å². The number of carbonyl (C=O) groups is 2. The third kappa shape index (κ3) is 3.27. The molecule has 0 unspecified atom stereocenters. The second kappa shape index (κ2) is 6.93. The highest BCUT2D eigenvalue weighted by Gasteiger charge is 2.72. The van der Waals surface area contributed by atoms with E-state index >= 15 is 0 Å². The first-order chi connectivity index (χ1) is 14.1. The second-order valence-corrected chi connectivity index (χ2v) is 8.87. The molecule has 30 heavy (non-hydrogen) atoms. The van der Waals surface area contributed by atoms with Gasteiger partial charge in [0.25, 0.3) is 0 Å². The molecule has 4 bridgehead atoms. The molecular formula is C22H28O8. The van der Waals surface area contributed by atoms with Crippen LogP contribution in [0.25, 0.3) is 0 Å². The molecule has 0 aromatic heterocycles. The molecular weight excluding hydrogens is 392 g/mol. The van der Waals surface area contributed by atoms with Crippen LogP contribution in [-0.2, 0) is 33.3 Å². The maximum Gasteiger partial charge on any atom is 0.341 e. The fourth-order valence-electron chi connectivity index (χ4n) is 4.80. The fraction of sp³-hybridized carbons (Fsp3) is 0.636. The van der Waals surface area contributed by atoms with E-state index in [2.05, 4.69) is 6.58 Å². The molecule has 4 aliphatic heterocycles. The maximum absolute atomic E-state index is 12.5. The Morgan fingerprint density at radius 2 is 2.07 bits per heavy atom. The standard InChI is InChI=1S/C22H28O8/c1-12(2)13-6-7-21-17(30-21)16(28-19(21)24)11-20(3,25)10-14-8-15(18(23)26-4)22(9-13,27-5)29-14/h8,10,13,16-17,25H,1,6-7,9,11H2,2-5H3/b14-10-/t13-,16+,17-,20-,21-,22-/m0/s1. The predicted octanol–water partition coefficient (Wildman–Crippen LogP) is 1.92. The van der Waals surface area contributed by atoms with E-state index in [0.717, 1.165) is 5.57 Å². The molecule has 0 radical (unpaired) electrons. The van der Waals surface area contributed by atoms with Gasteiger partial charge in [-0.15, -0.1) is 0 Å². The van der Waals surface area contributed by atoms with Gasteiger partial charge in [0.15, 0.2) is 5.60 Å². The lowest BCUT2D eigenvalue weighted by Crippen LogP contribution is -2.39. The topological polar surface area (TPSA) is 104 Å². The molecule has 4 rings (SSSR count). The average Bonchev–Trinajstić information content (AvgIpc) is 3.24. The summed E-state index contributed by atoms with van der Waals surface area (Å²) in [4.78, 5) is 25.0. The van der Waals surface area contributed by atoms with Gasteiger partial charge in [-0.05, 0) is 44.8 Å². The van der Waals surface area contributed by atoms with Crippen LogP contribution in [-0.4, -0.2) is 60.5 Å².